The molecular formula is C17H23ClN2O3. The highest BCUT2D eigenvalue weighted by atomic mass is 35.5. The lowest BCUT2D eigenvalue weighted by molar-refractivity contribution is -0.116. The molecule has 2 saturated heterocycles. The number of nitrogens with zero attached hydrogens (tertiary/aromatic N) is 1. The van der Waals surface area contributed by atoms with Crippen molar-refractivity contribution in [1.29, 1.82) is 0 Å². The number of anilines is 2. The van der Waals surface area contributed by atoms with Crippen molar-refractivity contribution >= 4 is 28.9 Å². The number of hydrogen-bond donors (Lipinski definition) is 1. The van der Waals surface area contributed by atoms with Gasteiger partial charge in [-0.2, -0.15) is 0 Å². The van der Waals surface area contributed by atoms with Crippen LogP contribution in [0, 0.1) is 0 Å². The van der Waals surface area contributed by atoms with Crippen molar-refractivity contribution in [2.45, 2.75) is 31.8 Å². The normalized spacial score (nSPS) is 21.4. The largest absolute Gasteiger partial charge is 0.378 e. The van der Waals surface area contributed by atoms with Crippen LogP contribution in [0.1, 0.15) is 25.7 Å². The number of amides is 1. The van der Waals surface area contributed by atoms with Gasteiger partial charge in [0, 0.05) is 31.1 Å². The fraction of sp³-hybridized carbons (Fsp3) is 0.588. The molecule has 1 aromatic carbocycles. The Balaban J connectivity index is 1.63. The van der Waals surface area contributed by atoms with Crippen LogP contribution in [0.25, 0.3) is 0 Å². The number of morpholine rings is 1. The first-order chi connectivity index (χ1) is 11.2. The molecule has 2 fully saturated rings. The molecule has 1 unspecified atom stereocenters. The van der Waals surface area contributed by atoms with Crippen LogP contribution in [0.4, 0.5) is 11.4 Å². The third-order valence-electron chi connectivity index (χ3n) is 4.30. The lowest BCUT2D eigenvalue weighted by atomic mass is 10.1. The van der Waals surface area contributed by atoms with Crippen molar-refractivity contribution in [1.82, 2.24) is 0 Å². The number of ether oxygens (including phenoxy) is 2. The van der Waals surface area contributed by atoms with Gasteiger partial charge < -0.3 is 19.7 Å². The highest BCUT2D eigenvalue weighted by Crippen LogP contribution is 2.30. The fourth-order valence-corrected chi connectivity index (χ4v) is 3.24. The van der Waals surface area contributed by atoms with Crippen LogP contribution in [-0.2, 0) is 14.3 Å². The van der Waals surface area contributed by atoms with Crippen molar-refractivity contribution in [3.05, 3.63) is 23.2 Å². The number of nitrogens with one attached hydrogen (secondary N) is 1. The van der Waals surface area contributed by atoms with E-state index in [-0.39, 0.29) is 12.0 Å². The molecule has 1 aromatic rings. The molecule has 23 heavy (non-hydrogen) atoms. The summed E-state index contributed by atoms with van der Waals surface area (Å²) in [6.45, 7) is 3.87. The molecule has 2 aliphatic heterocycles. The maximum absolute atomic E-state index is 12.3. The fourth-order valence-electron chi connectivity index (χ4n) is 3.07. The summed E-state index contributed by atoms with van der Waals surface area (Å²) in [6, 6.07) is 5.63. The summed E-state index contributed by atoms with van der Waals surface area (Å²) in [5.74, 6) is 0.0114. The van der Waals surface area contributed by atoms with E-state index in [2.05, 4.69) is 10.2 Å². The minimum absolute atomic E-state index is 0.0114. The van der Waals surface area contributed by atoms with Gasteiger partial charge in [-0.25, -0.2) is 0 Å². The Hall–Kier alpha value is -1.30. The van der Waals surface area contributed by atoms with E-state index in [0.717, 1.165) is 50.3 Å². The van der Waals surface area contributed by atoms with E-state index in [1.54, 1.807) is 0 Å². The van der Waals surface area contributed by atoms with Gasteiger partial charge in [-0.1, -0.05) is 11.6 Å². The van der Waals surface area contributed by atoms with E-state index in [9.17, 15) is 4.79 Å². The molecule has 0 radical (unpaired) electrons. The van der Waals surface area contributed by atoms with Crippen molar-refractivity contribution in [3.63, 3.8) is 0 Å². The topological polar surface area (TPSA) is 50.8 Å². The maximum atomic E-state index is 12.3. The Kier molecular flexibility index (Phi) is 5.75. The number of benzene rings is 1. The zero-order chi connectivity index (χ0) is 16.1. The SMILES string of the molecule is O=C(CCC1CCCO1)Nc1cc(Cl)ccc1N1CCOCC1. The van der Waals surface area contributed by atoms with Gasteiger partial charge in [-0.15, -0.1) is 0 Å². The van der Waals surface area contributed by atoms with E-state index in [1.807, 2.05) is 18.2 Å². The van der Waals surface area contributed by atoms with E-state index in [4.69, 9.17) is 21.1 Å². The summed E-state index contributed by atoms with van der Waals surface area (Å²) in [4.78, 5) is 14.5. The molecule has 1 N–H and O–H groups in total. The Bertz CT molecular complexity index is 541. The van der Waals surface area contributed by atoms with Gasteiger partial charge in [-0.05, 0) is 37.5 Å². The third kappa shape index (κ3) is 4.59. The lowest BCUT2D eigenvalue weighted by Gasteiger charge is -2.30. The Morgan fingerprint density at radius 1 is 1.30 bits per heavy atom. The molecule has 3 rings (SSSR count). The van der Waals surface area contributed by atoms with Gasteiger partial charge in [0.15, 0.2) is 0 Å². The number of rotatable bonds is 5. The van der Waals surface area contributed by atoms with E-state index in [1.165, 1.54) is 0 Å². The van der Waals surface area contributed by atoms with E-state index in [0.29, 0.717) is 24.7 Å². The summed E-state index contributed by atoms with van der Waals surface area (Å²) in [5.41, 5.74) is 1.78. The zero-order valence-corrected chi connectivity index (χ0v) is 14.0. The predicted octanol–water partition coefficient (Wildman–Crippen LogP) is 3.07. The molecular weight excluding hydrogens is 316 g/mol. The van der Waals surface area contributed by atoms with Crippen LogP contribution >= 0.6 is 11.6 Å². The highest BCUT2D eigenvalue weighted by molar-refractivity contribution is 6.31. The minimum Gasteiger partial charge on any atom is -0.378 e. The monoisotopic (exact) mass is 338 g/mol. The van der Waals surface area contributed by atoms with Crippen molar-refractivity contribution < 1.29 is 14.3 Å². The molecule has 2 heterocycles. The molecule has 6 heteroatoms. The molecule has 126 valence electrons. The summed E-state index contributed by atoms with van der Waals surface area (Å²) in [7, 11) is 0. The summed E-state index contributed by atoms with van der Waals surface area (Å²) < 4.78 is 11.0. The minimum atomic E-state index is 0.0114. The first kappa shape index (κ1) is 16.6. The predicted molar refractivity (Wildman–Crippen MR) is 91.3 cm³/mol. The first-order valence-electron chi connectivity index (χ1n) is 8.26. The van der Waals surface area contributed by atoms with Crippen LogP contribution in [0.2, 0.25) is 5.02 Å². The van der Waals surface area contributed by atoms with Crippen molar-refractivity contribution in [2.24, 2.45) is 0 Å². The van der Waals surface area contributed by atoms with Gasteiger partial charge in [0.05, 0.1) is 30.7 Å². The van der Waals surface area contributed by atoms with Crippen LogP contribution < -0.4 is 10.2 Å². The molecule has 0 aliphatic carbocycles. The number of hydrogen-bond acceptors (Lipinski definition) is 4. The van der Waals surface area contributed by atoms with Gasteiger partial charge in [0.25, 0.3) is 0 Å². The second-order valence-electron chi connectivity index (χ2n) is 5.98. The zero-order valence-electron chi connectivity index (χ0n) is 13.2. The second-order valence-corrected chi connectivity index (χ2v) is 6.42. The van der Waals surface area contributed by atoms with Crippen LogP contribution in [0.3, 0.4) is 0 Å². The van der Waals surface area contributed by atoms with Crippen molar-refractivity contribution in [2.75, 3.05) is 43.1 Å². The standard InChI is InChI=1S/C17H23ClN2O3/c18-13-3-5-16(20-7-10-22-11-8-20)15(12-13)19-17(21)6-4-14-2-1-9-23-14/h3,5,12,14H,1-2,4,6-11H2,(H,19,21). The molecule has 0 saturated carbocycles. The van der Waals surface area contributed by atoms with Gasteiger partial charge >= 0.3 is 0 Å². The third-order valence-corrected chi connectivity index (χ3v) is 4.54. The van der Waals surface area contributed by atoms with Crippen molar-refractivity contribution in [3.8, 4) is 0 Å². The molecule has 0 aromatic heterocycles. The molecule has 5 nitrogen and oxygen atoms in total. The average molecular weight is 339 g/mol. The summed E-state index contributed by atoms with van der Waals surface area (Å²) in [6.07, 6.45) is 3.64. The Morgan fingerprint density at radius 2 is 2.13 bits per heavy atom. The van der Waals surface area contributed by atoms with Gasteiger partial charge in [-0.3, -0.25) is 4.79 Å². The average Bonchev–Trinajstić information content (AvgIpc) is 3.07. The van der Waals surface area contributed by atoms with Crippen LogP contribution in [0.5, 0.6) is 0 Å². The molecule has 2 aliphatic rings. The summed E-state index contributed by atoms with van der Waals surface area (Å²) in [5, 5.41) is 3.63. The molecule has 1 atom stereocenters. The number of halogens is 1. The highest BCUT2D eigenvalue weighted by Gasteiger charge is 2.19. The summed E-state index contributed by atoms with van der Waals surface area (Å²) >= 11 is 6.11. The van der Waals surface area contributed by atoms with E-state index >= 15 is 0 Å². The van der Waals surface area contributed by atoms with Gasteiger partial charge in [0.1, 0.15) is 0 Å². The lowest BCUT2D eigenvalue weighted by Crippen LogP contribution is -2.36. The Labute approximate surface area is 141 Å². The maximum Gasteiger partial charge on any atom is 0.224 e. The van der Waals surface area contributed by atoms with Crippen LogP contribution in [0.15, 0.2) is 18.2 Å². The second kappa shape index (κ2) is 7.99. The quantitative estimate of drug-likeness (QED) is 0.896. The smallest absolute Gasteiger partial charge is 0.224 e. The molecule has 0 spiro atoms. The first-order valence-corrected chi connectivity index (χ1v) is 8.64. The Morgan fingerprint density at radius 3 is 2.87 bits per heavy atom. The van der Waals surface area contributed by atoms with E-state index < -0.39 is 0 Å². The van der Waals surface area contributed by atoms with Crippen LogP contribution in [-0.4, -0.2) is 44.9 Å². The molecule has 1 amide bonds. The molecule has 0 bridgehead atoms. The number of carbonyl (C=O) groups excluding carboxylic acids is 1. The van der Waals surface area contributed by atoms with Gasteiger partial charge in [0.2, 0.25) is 5.91 Å². The number of carbonyl (C=O) groups is 1.